The molecule has 0 atom stereocenters. The van der Waals surface area contributed by atoms with Gasteiger partial charge < -0.3 is 4.74 Å². The number of nitrogens with one attached hydrogen (secondary N) is 2. The number of nitrogens with zero attached hydrogens (tertiary/aromatic N) is 2. The number of carbonyl (C=O) groups excluding carboxylic acids is 1. The molecule has 3 aromatic rings. The van der Waals surface area contributed by atoms with Crippen LogP contribution in [0.5, 0.6) is 5.75 Å². The number of benzene rings is 2. The minimum atomic E-state index is -3.95. The van der Waals surface area contributed by atoms with Crippen molar-refractivity contribution in [1.82, 2.24) is 4.98 Å². The number of nitro benzene ring substituents is 1. The smallest absolute Gasteiger partial charge is 0.280 e. The molecule has 150 valence electrons. The first-order chi connectivity index (χ1) is 13.8. The lowest BCUT2D eigenvalue weighted by Gasteiger charge is -2.06. The van der Waals surface area contributed by atoms with Gasteiger partial charge in [0.1, 0.15) is 5.75 Å². The van der Waals surface area contributed by atoms with Crippen LogP contribution in [0, 0.1) is 10.1 Å². The van der Waals surface area contributed by atoms with Crippen LogP contribution in [0.25, 0.3) is 0 Å². The number of non-ortho nitro benzene ring substituents is 1. The van der Waals surface area contributed by atoms with E-state index in [-0.39, 0.29) is 21.4 Å². The standard InChI is InChI=1S/C17H14N4O6S2/c1-27-14-8-4-12(5-9-14)20-29(25,26)15-10-28-17(18-15)19-16(22)11-2-6-13(7-3-11)21(23)24/h2-10,20H,1H3,(H,18,19,22). The highest BCUT2D eigenvalue weighted by Gasteiger charge is 2.20. The van der Waals surface area contributed by atoms with E-state index in [9.17, 15) is 23.3 Å². The summed E-state index contributed by atoms with van der Waals surface area (Å²) in [6, 6.07) is 11.3. The number of ether oxygens (including phenoxy) is 1. The van der Waals surface area contributed by atoms with Crippen molar-refractivity contribution >= 4 is 43.8 Å². The van der Waals surface area contributed by atoms with Crippen LogP contribution in [0.2, 0.25) is 0 Å². The fraction of sp³-hybridized carbons (Fsp3) is 0.0588. The topological polar surface area (TPSA) is 141 Å². The van der Waals surface area contributed by atoms with Gasteiger partial charge in [-0.1, -0.05) is 0 Å². The molecule has 0 aliphatic rings. The largest absolute Gasteiger partial charge is 0.497 e. The number of amides is 1. The molecular formula is C17H14N4O6S2. The van der Waals surface area contributed by atoms with Gasteiger partial charge in [-0.25, -0.2) is 4.98 Å². The third kappa shape index (κ3) is 4.86. The molecule has 2 N–H and O–H groups in total. The van der Waals surface area contributed by atoms with Gasteiger partial charge >= 0.3 is 0 Å². The molecule has 0 spiro atoms. The van der Waals surface area contributed by atoms with Gasteiger partial charge in [-0.05, 0) is 36.4 Å². The van der Waals surface area contributed by atoms with Crippen LogP contribution in [-0.2, 0) is 10.0 Å². The van der Waals surface area contributed by atoms with Gasteiger partial charge in [0.25, 0.3) is 21.6 Å². The summed E-state index contributed by atoms with van der Waals surface area (Å²) in [7, 11) is -2.44. The predicted molar refractivity (Wildman–Crippen MR) is 107 cm³/mol. The molecule has 0 aliphatic heterocycles. The monoisotopic (exact) mass is 434 g/mol. The van der Waals surface area contributed by atoms with Crippen LogP contribution in [0.1, 0.15) is 10.4 Å². The number of methoxy groups -OCH3 is 1. The Balaban J connectivity index is 1.70. The first-order valence-electron chi connectivity index (χ1n) is 7.97. The Labute approximate surface area is 169 Å². The van der Waals surface area contributed by atoms with Crippen molar-refractivity contribution in [3.63, 3.8) is 0 Å². The van der Waals surface area contributed by atoms with Crippen molar-refractivity contribution in [3.8, 4) is 5.75 Å². The van der Waals surface area contributed by atoms with E-state index >= 15 is 0 Å². The van der Waals surface area contributed by atoms with Gasteiger partial charge in [-0.15, -0.1) is 11.3 Å². The summed E-state index contributed by atoms with van der Waals surface area (Å²) in [6.07, 6.45) is 0. The van der Waals surface area contributed by atoms with Crippen LogP contribution in [0.3, 0.4) is 0 Å². The first-order valence-corrected chi connectivity index (χ1v) is 10.3. The van der Waals surface area contributed by atoms with Crippen molar-refractivity contribution < 1.29 is 22.9 Å². The Morgan fingerprint density at radius 2 is 1.79 bits per heavy atom. The quantitative estimate of drug-likeness (QED) is 0.430. The van der Waals surface area contributed by atoms with Gasteiger partial charge in [-0.2, -0.15) is 8.42 Å². The second kappa shape index (κ2) is 8.24. The Hall–Kier alpha value is -3.51. The second-order valence-electron chi connectivity index (χ2n) is 5.58. The van der Waals surface area contributed by atoms with Crippen molar-refractivity contribution in [3.05, 3.63) is 69.6 Å². The van der Waals surface area contributed by atoms with Crippen LogP contribution < -0.4 is 14.8 Å². The molecule has 0 bridgehead atoms. The van der Waals surface area contributed by atoms with Gasteiger partial charge in [-0.3, -0.25) is 24.9 Å². The maximum absolute atomic E-state index is 12.5. The van der Waals surface area contributed by atoms with Crippen molar-refractivity contribution in [2.45, 2.75) is 5.03 Å². The molecule has 1 amide bonds. The average Bonchev–Trinajstić information content (AvgIpc) is 3.18. The summed E-state index contributed by atoms with van der Waals surface area (Å²) in [4.78, 5) is 26.2. The number of hydrogen-bond acceptors (Lipinski definition) is 8. The van der Waals surface area contributed by atoms with Gasteiger partial charge in [0.15, 0.2) is 10.2 Å². The molecule has 0 saturated heterocycles. The summed E-state index contributed by atoms with van der Waals surface area (Å²) in [6.45, 7) is 0. The Morgan fingerprint density at radius 1 is 1.14 bits per heavy atom. The number of thiazole rings is 1. The molecule has 29 heavy (non-hydrogen) atoms. The summed E-state index contributed by atoms with van der Waals surface area (Å²) in [5.41, 5.74) is 0.357. The van der Waals surface area contributed by atoms with Gasteiger partial charge in [0.05, 0.1) is 12.0 Å². The van der Waals surface area contributed by atoms with Crippen LogP contribution in [0.15, 0.2) is 58.9 Å². The molecule has 2 aromatic carbocycles. The normalized spacial score (nSPS) is 10.9. The van der Waals surface area contributed by atoms with E-state index in [1.54, 1.807) is 24.3 Å². The number of carbonyl (C=O) groups is 1. The van der Waals surface area contributed by atoms with E-state index in [1.165, 1.54) is 36.8 Å². The minimum Gasteiger partial charge on any atom is -0.497 e. The third-order valence-corrected chi connectivity index (χ3v) is 5.83. The van der Waals surface area contributed by atoms with Crippen LogP contribution in [-0.4, -0.2) is 31.3 Å². The molecule has 0 fully saturated rings. The maximum atomic E-state index is 12.5. The zero-order chi connectivity index (χ0) is 21.0. The molecule has 1 heterocycles. The van der Waals surface area contributed by atoms with Crippen LogP contribution >= 0.6 is 11.3 Å². The molecule has 0 radical (unpaired) electrons. The predicted octanol–water partition coefficient (Wildman–Crippen LogP) is 3.11. The van der Waals surface area contributed by atoms with E-state index in [4.69, 9.17) is 4.74 Å². The highest BCUT2D eigenvalue weighted by atomic mass is 32.2. The fourth-order valence-electron chi connectivity index (χ4n) is 2.21. The van der Waals surface area contributed by atoms with Crippen molar-refractivity contribution in [2.75, 3.05) is 17.1 Å². The highest BCUT2D eigenvalue weighted by Crippen LogP contribution is 2.23. The van der Waals surface area contributed by atoms with Gasteiger partial charge in [0.2, 0.25) is 0 Å². The number of hydrogen-bond donors (Lipinski definition) is 2. The lowest BCUT2D eigenvalue weighted by atomic mass is 10.2. The van der Waals surface area contributed by atoms with E-state index in [0.29, 0.717) is 11.4 Å². The lowest BCUT2D eigenvalue weighted by molar-refractivity contribution is -0.384. The number of anilines is 2. The second-order valence-corrected chi connectivity index (χ2v) is 8.07. The fourth-order valence-corrected chi connectivity index (χ4v) is 4.25. The Bertz CT molecular complexity index is 1140. The Kier molecular flexibility index (Phi) is 5.75. The molecule has 0 aliphatic carbocycles. The zero-order valence-electron chi connectivity index (χ0n) is 14.9. The average molecular weight is 434 g/mol. The third-order valence-electron chi connectivity index (χ3n) is 3.66. The molecule has 3 rings (SSSR count). The van der Waals surface area contributed by atoms with Crippen molar-refractivity contribution in [1.29, 1.82) is 0 Å². The maximum Gasteiger partial charge on any atom is 0.280 e. The summed E-state index contributed by atoms with van der Waals surface area (Å²) in [5, 5.41) is 14.2. The number of rotatable bonds is 7. The lowest BCUT2D eigenvalue weighted by Crippen LogP contribution is -2.14. The van der Waals surface area contributed by atoms with E-state index in [0.717, 1.165) is 11.3 Å². The first kappa shape index (κ1) is 20.2. The minimum absolute atomic E-state index is 0.0726. The molecule has 12 heteroatoms. The van der Waals surface area contributed by atoms with Gasteiger partial charge in [0, 0.05) is 28.8 Å². The van der Waals surface area contributed by atoms with Crippen molar-refractivity contribution in [2.24, 2.45) is 0 Å². The highest BCUT2D eigenvalue weighted by molar-refractivity contribution is 7.92. The van der Waals surface area contributed by atoms with E-state index in [2.05, 4.69) is 15.0 Å². The molecule has 1 aromatic heterocycles. The van der Waals surface area contributed by atoms with E-state index < -0.39 is 20.9 Å². The molecule has 10 nitrogen and oxygen atoms in total. The zero-order valence-corrected chi connectivity index (χ0v) is 16.5. The van der Waals surface area contributed by atoms with Crippen LogP contribution in [0.4, 0.5) is 16.5 Å². The van der Waals surface area contributed by atoms with E-state index in [1.807, 2.05) is 0 Å². The molecule has 0 saturated carbocycles. The SMILES string of the molecule is COc1ccc(NS(=O)(=O)c2csc(NC(=O)c3ccc([N+](=O)[O-])cc3)n2)cc1. The summed E-state index contributed by atoms with van der Waals surface area (Å²) < 4.78 is 32.3. The molecular weight excluding hydrogens is 420 g/mol. The number of nitro groups is 1. The number of aromatic nitrogens is 1. The summed E-state index contributed by atoms with van der Waals surface area (Å²) in [5.74, 6) is 0.0131. The number of sulfonamides is 1. The molecule has 0 unspecified atom stereocenters. The Morgan fingerprint density at radius 3 is 2.38 bits per heavy atom. The summed E-state index contributed by atoms with van der Waals surface area (Å²) >= 11 is 0.934.